The van der Waals surface area contributed by atoms with Gasteiger partial charge in [-0.15, -0.1) is 0 Å². The average molecular weight is 346 g/mol. The van der Waals surface area contributed by atoms with Crippen LogP contribution in [-0.4, -0.2) is 14.1 Å². The second-order valence-corrected chi connectivity index (χ2v) is 8.02. The molecule has 24 heavy (non-hydrogen) atoms. The molecular weight excluding hydrogens is 312 g/mol. The highest BCUT2D eigenvalue weighted by molar-refractivity contribution is 7.14. The van der Waals surface area contributed by atoms with E-state index in [9.17, 15) is 0 Å². The molecule has 0 aliphatic heterocycles. The number of benzene rings is 1. The van der Waals surface area contributed by atoms with Gasteiger partial charge in [0.2, 0.25) is 0 Å². The van der Waals surface area contributed by atoms with E-state index in [1.165, 1.54) is 66.9 Å². The van der Waals surface area contributed by atoms with Gasteiger partial charge in [-0.3, -0.25) is 0 Å². The highest BCUT2D eigenvalue weighted by Crippen LogP contribution is 2.28. The first-order valence-electron chi connectivity index (χ1n) is 9.30. The maximum atomic E-state index is 2.36. The van der Waals surface area contributed by atoms with Gasteiger partial charge in [-0.25, -0.2) is 0 Å². The van der Waals surface area contributed by atoms with Gasteiger partial charge in [0.05, 0.1) is 10.4 Å². The number of thiazole rings is 1. The Kier molecular flexibility index (Phi) is 7.29. The molecule has 2 rings (SSSR count). The van der Waals surface area contributed by atoms with Crippen molar-refractivity contribution in [2.24, 2.45) is 7.05 Å². The van der Waals surface area contributed by atoms with Crippen molar-refractivity contribution in [3.63, 3.8) is 0 Å². The van der Waals surface area contributed by atoms with Crippen LogP contribution in [0.4, 0.5) is 5.69 Å². The van der Waals surface area contributed by atoms with Gasteiger partial charge in [-0.05, 0) is 37.1 Å². The smallest absolute Gasteiger partial charge is 0.269 e. The number of rotatable bonds is 9. The van der Waals surface area contributed by atoms with Crippen molar-refractivity contribution in [2.45, 2.75) is 58.8 Å². The first kappa shape index (κ1) is 19.0. The van der Waals surface area contributed by atoms with Crippen molar-refractivity contribution in [1.82, 2.24) is 0 Å². The van der Waals surface area contributed by atoms with Crippen LogP contribution in [0.15, 0.2) is 24.3 Å². The fourth-order valence-corrected chi connectivity index (χ4v) is 4.34. The summed E-state index contributed by atoms with van der Waals surface area (Å²) in [6.07, 6.45) is 9.43. The van der Waals surface area contributed by atoms with E-state index in [-0.39, 0.29) is 0 Å². The van der Waals surface area contributed by atoms with Gasteiger partial charge in [0.15, 0.2) is 5.69 Å². The molecule has 0 fully saturated rings. The molecule has 132 valence electrons. The van der Waals surface area contributed by atoms with Crippen molar-refractivity contribution in [1.29, 1.82) is 0 Å². The molecule has 2 aromatic rings. The summed E-state index contributed by atoms with van der Waals surface area (Å²) in [6.45, 7) is 4.54. The topological polar surface area (TPSA) is 7.12 Å². The van der Waals surface area contributed by atoms with Crippen LogP contribution in [0.25, 0.3) is 10.6 Å². The van der Waals surface area contributed by atoms with Crippen LogP contribution in [-0.2, 0) is 13.5 Å². The second-order valence-electron chi connectivity index (χ2n) is 6.93. The predicted octanol–water partition coefficient (Wildman–Crippen LogP) is 5.52. The van der Waals surface area contributed by atoms with E-state index in [4.69, 9.17) is 0 Å². The first-order valence-corrected chi connectivity index (χ1v) is 10.1. The number of nitrogens with zero attached hydrogens (tertiary/aromatic N) is 2. The summed E-state index contributed by atoms with van der Waals surface area (Å²) in [5.41, 5.74) is 4.01. The second kappa shape index (κ2) is 9.22. The maximum Gasteiger partial charge on any atom is 0.269 e. The molecule has 3 heteroatoms. The lowest BCUT2D eigenvalue weighted by Crippen LogP contribution is -2.31. The van der Waals surface area contributed by atoms with Crippen molar-refractivity contribution < 1.29 is 4.57 Å². The van der Waals surface area contributed by atoms with Gasteiger partial charge in [-0.2, -0.15) is 4.57 Å². The minimum absolute atomic E-state index is 1.23. The van der Waals surface area contributed by atoms with Gasteiger partial charge in [0.1, 0.15) is 7.05 Å². The molecule has 2 nitrogen and oxygen atoms in total. The first-order chi connectivity index (χ1) is 11.5. The lowest BCUT2D eigenvalue weighted by Gasteiger charge is -2.11. The van der Waals surface area contributed by atoms with E-state index in [2.05, 4.69) is 68.7 Å². The predicted molar refractivity (Wildman–Crippen MR) is 107 cm³/mol. The van der Waals surface area contributed by atoms with Crippen LogP contribution >= 0.6 is 11.3 Å². The minimum Gasteiger partial charge on any atom is -0.378 e. The lowest BCUT2D eigenvalue weighted by molar-refractivity contribution is -0.662. The maximum absolute atomic E-state index is 2.36. The van der Waals surface area contributed by atoms with E-state index >= 15 is 0 Å². The van der Waals surface area contributed by atoms with Crippen LogP contribution in [0.2, 0.25) is 0 Å². The Labute approximate surface area is 152 Å². The summed E-state index contributed by atoms with van der Waals surface area (Å²) >= 11 is 1.97. The molecular formula is C21H33N2S+. The third-order valence-electron chi connectivity index (χ3n) is 4.82. The van der Waals surface area contributed by atoms with Crippen LogP contribution in [0, 0.1) is 6.92 Å². The number of hydrogen-bond donors (Lipinski definition) is 0. The Balaban J connectivity index is 2.02. The molecule has 0 unspecified atom stereocenters. The summed E-state index contributed by atoms with van der Waals surface area (Å²) in [5.74, 6) is 0. The van der Waals surface area contributed by atoms with E-state index < -0.39 is 0 Å². The number of anilines is 1. The standard InChI is InChI=1S/C21H33N2S/c1-6-7-8-9-10-11-12-20-17(2)23(5)21(24-20)18-13-15-19(16-14-18)22(3)4/h13-16H,6-12H2,1-5H3/q+1. The fraction of sp³-hybridized carbons (Fsp3) is 0.571. The average Bonchev–Trinajstić information content (AvgIpc) is 2.86. The van der Waals surface area contributed by atoms with Crippen molar-refractivity contribution in [2.75, 3.05) is 19.0 Å². The van der Waals surface area contributed by atoms with Gasteiger partial charge in [-0.1, -0.05) is 50.4 Å². The molecule has 0 radical (unpaired) electrons. The van der Waals surface area contributed by atoms with Crippen LogP contribution in [0.1, 0.15) is 56.0 Å². The Morgan fingerprint density at radius 2 is 1.58 bits per heavy atom. The molecule has 0 amide bonds. The van der Waals surface area contributed by atoms with Gasteiger partial charge < -0.3 is 4.90 Å². The highest BCUT2D eigenvalue weighted by atomic mass is 32.1. The summed E-state index contributed by atoms with van der Waals surface area (Å²) in [6, 6.07) is 8.90. The molecule has 0 saturated carbocycles. The van der Waals surface area contributed by atoms with E-state index in [1.54, 1.807) is 4.88 Å². The number of unbranched alkanes of at least 4 members (excludes halogenated alkanes) is 5. The van der Waals surface area contributed by atoms with Crippen LogP contribution in [0.3, 0.4) is 0 Å². The van der Waals surface area contributed by atoms with Crippen molar-refractivity contribution in [3.8, 4) is 10.6 Å². The molecule has 0 saturated heterocycles. The summed E-state index contributed by atoms with van der Waals surface area (Å²) < 4.78 is 2.36. The van der Waals surface area contributed by atoms with Gasteiger partial charge in [0.25, 0.3) is 5.01 Å². The van der Waals surface area contributed by atoms with Crippen molar-refractivity contribution in [3.05, 3.63) is 34.8 Å². The van der Waals surface area contributed by atoms with Gasteiger partial charge in [0, 0.05) is 26.7 Å². The quantitative estimate of drug-likeness (QED) is 0.429. The molecule has 0 bridgehead atoms. The molecule has 1 heterocycles. The van der Waals surface area contributed by atoms with Crippen LogP contribution < -0.4 is 9.47 Å². The molecule has 0 N–H and O–H groups in total. The Hall–Kier alpha value is -1.35. The van der Waals surface area contributed by atoms with Crippen LogP contribution in [0.5, 0.6) is 0 Å². The third-order valence-corrected chi connectivity index (χ3v) is 6.27. The Morgan fingerprint density at radius 3 is 2.21 bits per heavy atom. The fourth-order valence-electron chi connectivity index (χ4n) is 3.05. The molecule has 0 spiro atoms. The minimum atomic E-state index is 1.23. The number of aromatic nitrogens is 1. The number of aryl methyl sites for hydroxylation is 1. The highest BCUT2D eigenvalue weighted by Gasteiger charge is 2.21. The SMILES string of the molecule is CCCCCCCCc1sc(-c2ccc(N(C)C)cc2)[n+](C)c1C. The largest absolute Gasteiger partial charge is 0.378 e. The zero-order valence-electron chi connectivity index (χ0n) is 16.1. The zero-order chi connectivity index (χ0) is 17.5. The van der Waals surface area contributed by atoms with E-state index in [0.29, 0.717) is 0 Å². The normalized spacial score (nSPS) is 11.0. The number of hydrogen-bond acceptors (Lipinski definition) is 2. The molecule has 0 aliphatic carbocycles. The third kappa shape index (κ3) is 4.83. The lowest BCUT2D eigenvalue weighted by atomic mass is 10.1. The molecule has 1 aromatic heterocycles. The molecule has 0 aliphatic rings. The Morgan fingerprint density at radius 1 is 0.958 bits per heavy atom. The van der Waals surface area contributed by atoms with E-state index in [1.807, 2.05) is 11.3 Å². The Bertz CT molecular complexity index is 626. The molecule has 1 aromatic carbocycles. The monoisotopic (exact) mass is 345 g/mol. The van der Waals surface area contributed by atoms with Gasteiger partial charge >= 0.3 is 0 Å². The molecule has 0 atom stereocenters. The van der Waals surface area contributed by atoms with E-state index in [0.717, 1.165) is 0 Å². The summed E-state index contributed by atoms with van der Waals surface area (Å²) in [4.78, 5) is 3.70. The van der Waals surface area contributed by atoms with Crippen molar-refractivity contribution >= 4 is 17.0 Å². The zero-order valence-corrected chi connectivity index (χ0v) is 16.9. The summed E-state index contributed by atoms with van der Waals surface area (Å²) in [7, 11) is 6.37. The summed E-state index contributed by atoms with van der Waals surface area (Å²) in [5, 5.41) is 1.37.